The largest absolute Gasteiger partial charge is 0.478 e. The van der Waals surface area contributed by atoms with E-state index in [0.29, 0.717) is 13.0 Å². The highest BCUT2D eigenvalue weighted by Gasteiger charge is 2.13. The summed E-state index contributed by atoms with van der Waals surface area (Å²) in [6, 6.07) is 6.94. The Morgan fingerprint density at radius 2 is 2.11 bits per heavy atom. The van der Waals surface area contributed by atoms with Crippen molar-refractivity contribution in [2.24, 2.45) is 0 Å². The Kier molecular flexibility index (Phi) is 5.51. The third-order valence-corrected chi connectivity index (χ3v) is 3.12. The topological polar surface area (TPSA) is 69.6 Å². The number of carbonyl (C=O) groups excluding carboxylic acids is 1. The van der Waals surface area contributed by atoms with Crippen LogP contribution in [0.4, 0.5) is 0 Å². The third-order valence-electron chi connectivity index (χ3n) is 3.12. The zero-order valence-electron chi connectivity index (χ0n) is 11.5. The predicted octanol–water partition coefficient (Wildman–Crippen LogP) is 1.34. The zero-order chi connectivity index (χ0) is 14.4. The molecule has 0 radical (unpaired) electrons. The minimum absolute atomic E-state index is 0.00126. The second-order valence-corrected chi connectivity index (χ2v) is 4.65. The molecule has 1 amide bonds. The maximum Gasteiger partial charge on any atom is 0.335 e. The number of carboxylic acids is 1. The lowest BCUT2D eigenvalue weighted by Gasteiger charge is -2.24. The molecule has 0 aliphatic heterocycles. The summed E-state index contributed by atoms with van der Waals surface area (Å²) in [5, 5.41) is 11.5. The fourth-order valence-electron chi connectivity index (χ4n) is 1.77. The lowest BCUT2D eigenvalue weighted by atomic mass is 10.1. The molecule has 0 bridgehead atoms. The number of hydrogen-bond donors (Lipinski definition) is 2. The van der Waals surface area contributed by atoms with Crippen LogP contribution in [0, 0.1) is 0 Å². The van der Waals surface area contributed by atoms with Crippen LogP contribution in [0.15, 0.2) is 24.3 Å². The minimum Gasteiger partial charge on any atom is -0.478 e. The summed E-state index contributed by atoms with van der Waals surface area (Å²) in [6.07, 6.45) is 0.422. The van der Waals surface area contributed by atoms with Gasteiger partial charge in [-0.2, -0.15) is 0 Å². The zero-order valence-corrected chi connectivity index (χ0v) is 11.5. The van der Waals surface area contributed by atoms with Gasteiger partial charge in [0.1, 0.15) is 0 Å². The molecule has 0 heterocycles. The van der Waals surface area contributed by atoms with Crippen molar-refractivity contribution in [1.82, 2.24) is 10.2 Å². The molecule has 0 unspecified atom stereocenters. The standard InChI is InChI=1S/C14H20N2O3/c1-10(7-13(17)15-2)16(3)9-11-5-4-6-12(8-11)14(18)19/h4-6,8,10H,7,9H2,1-3H3,(H,15,17)(H,18,19)/t10-/m1/s1. The van der Waals surface area contributed by atoms with E-state index in [0.717, 1.165) is 5.56 Å². The van der Waals surface area contributed by atoms with Gasteiger partial charge in [0.15, 0.2) is 0 Å². The van der Waals surface area contributed by atoms with E-state index in [1.165, 1.54) is 0 Å². The van der Waals surface area contributed by atoms with Crippen molar-refractivity contribution >= 4 is 11.9 Å². The highest BCUT2D eigenvalue weighted by atomic mass is 16.4. The molecular weight excluding hydrogens is 244 g/mol. The van der Waals surface area contributed by atoms with E-state index in [9.17, 15) is 9.59 Å². The molecule has 0 saturated heterocycles. The first-order valence-electron chi connectivity index (χ1n) is 6.17. The summed E-state index contributed by atoms with van der Waals surface area (Å²) >= 11 is 0. The number of nitrogens with zero attached hydrogens (tertiary/aromatic N) is 1. The lowest BCUT2D eigenvalue weighted by molar-refractivity contribution is -0.121. The summed E-state index contributed by atoms with van der Waals surface area (Å²) in [5.74, 6) is -0.929. The van der Waals surface area contributed by atoms with Crippen molar-refractivity contribution < 1.29 is 14.7 Å². The average molecular weight is 264 g/mol. The Hall–Kier alpha value is -1.88. The number of aromatic carboxylic acids is 1. The molecule has 0 aromatic heterocycles. The van der Waals surface area contributed by atoms with E-state index in [-0.39, 0.29) is 17.5 Å². The van der Waals surface area contributed by atoms with E-state index in [4.69, 9.17) is 5.11 Å². The van der Waals surface area contributed by atoms with Gasteiger partial charge in [0.2, 0.25) is 5.91 Å². The van der Waals surface area contributed by atoms with Gasteiger partial charge in [-0.15, -0.1) is 0 Å². The number of carbonyl (C=O) groups is 2. The van der Waals surface area contributed by atoms with Gasteiger partial charge in [-0.25, -0.2) is 4.79 Å². The second-order valence-electron chi connectivity index (χ2n) is 4.65. The molecule has 104 valence electrons. The third kappa shape index (κ3) is 4.71. The van der Waals surface area contributed by atoms with E-state index >= 15 is 0 Å². The summed E-state index contributed by atoms with van der Waals surface area (Å²) in [6.45, 7) is 2.58. The molecule has 1 atom stereocenters. The molecule has 19 heavy (non-hydrogen) atoms. The van der Waals surface area contributed by atoms with Crippen LogP contribution in [0.2, 0.25) is 0 Å². The van der Waals surface area contributed by atoms with E-state index in [1.807, 2.05) is 24.9 Å². The Morgan fingerprint density at radius 3 is 2.68 bits per heavy atom. The number of hydrogen-bond acceptors (Lipinski definition) is 3. The van der Waals surface area contributed by atoms with Crippen LogP contribution in [0.1, 0.15) is 29.3 Å². The van der Waals surface area contributed by atoms with E-state index in [2.05, 4.69) is 5.32 Å². The molecule has 2 N–H and O–H groups in total. The van der Waals surface area contributed by atoms with Crippen molar-refractivity contribution in [3.63, 3.8) is 0 Å². The van der Waals surface area contributed by atoms with Crippen LogP contribution in [0.25, 0.3) is 0 Å². The lowest BCUT2D eigenvalue weighted by Crippen LogP contribution is -2.33. The van der Waals surface area contributed by atoms with Gasteiger partial charge in [0.25, 0.3) is 0 Å². The molecule has 0 aliphatic rings. The number of rotatable bonds is 6. The average Bonchev–Trinajstić information content (AvgIpc) is 2.38. The van der Waals surface area contributed by atoms with Crippen molar-refractivity contribution in [2.45, 2.75) is 25.9 Å². The smallest absolute Gasteiger partial charge is 0.335 e. The van der Waals surface area contributed by atoms with Gasteiger partial charge >= 0.3 is 5.97 Å². The Balaban J connectivity index is 2.65. The van der Waals surface area contributed by atoms with Crippen LogP contribution >= 0.6 is 0 Å². The molecule has 1 aromatic rings. The maximum atomic E-state index is 11.3. The van der Waals surface area contributed by atoms with Crippen molar-refractivity contribution in [3.05, 3.63) is 35.4 Å². The molecule has 1 rings (SSSR count). The van der Waals surface area contributed by atoms with E-state index in [1.54, 1.807) is 25.2 Å². The predicted molar refractivity (Wildman–Crippen MR) is 73.0 cm³/mol. The van der Waals surface area contributed by atoms with Gasteiger partial charge in [0, 0.05) is 26.1 Å². The van der Waals surface area contributed by atoms with Crippen molar-refractivity contribution in [3.8, 4) is 0 Å². The van der Waals surface area contributed by atoms with Crippen LogP contribution in [-0.4, -0.2) is 42.0 Å². The molecule has 0 saturated carbocycles. The van der Waals surface area contributed by atoms with Crippen LogP contribution in [0.3, 0.4) is 0 Å². The number of carboxylic acid groups (broad SMARTS) is 1. The van der Waals surface area contributed by atoms with Gasteiger partial charge < -0.3 is 10.4 Å². The van der Waals surface area contributed by atoms with Crippen molar-refractivity contribution in [2.75, 3.05) is 14.1 Å². The summed E-state index contributed by atoms with van der Waals surface area (Å²) in [4.78, 5) is 24.2. The minimum atomic E-state index is -0.928. The molecule has 1 aromatic carbocycles. The first-order chi connectivity index (χ1) is 8.93. The molecule has 0 fully saturated rings. The van der Waals surface area contributed by atoms with Crippen LogP contribution in [0.5, 0.6) is 0 Å². The molecule has 5 nitrogen and oxygen atoms in total. The number of benzene rings is 1. The van der Waals surface area contributed by atoms with Gasteiger partial charge in [-0.3, -0.25) is 9.69 Å². The Bertz CT molecular complexity index is 460. The first kappa shape index (κ1) is 15.2. The quantitative estimate of drug-likeness (QED) is 0.813. The highest BCUT2D eigenvalue weighted by Crippen LogP contribution is 2.11. The molecule has 5 heteroatoms. The van der Waals surface area contributed by atoms with Gasteiger partial charge in [0.05, 0.1) is 5.56 Å². The fraction of sp³-hybridized carbons (Fsp3) is 0.429. The van der Waals surface area contributed by atoms with Gasteiger partial charge in [-0.05, 0) is 31.7 Å². The fourth-order valence-corrected chi connectivity index (χ4v) is 1.77. The van der Waals surface area contributed by atoms with Gasteiger partial charge in [-0.1, -0.05) is 12.1 Å². The van der Waals surface area contributed by atoms with E-state index < -0.39 is 5.97 Å². The highest BCUT2D eigenvalue weighted by molar-refractivity contribution is 5.87. The number of nitrogens with one attached hydrogen (secondary N) is 1. The van der Waals surface area contributed by atoms with Crippen LogP contribution in [-0.2, 0) is 11.3 Å². The summed E-state index contributed by atoms with van der Waals surface area (Å²) < 4.78 is 0. The maximum absolute atomic E-state index is 11.3. The Morgan fingerprint density at radius 1 is 1.42 bits per heavy atom. The second kappa shape index (κ2) is 6.89. The normalized spacial score (nSPS) is 12.2. The SMILES string of the molecule is CNC(=O)C[C@@H](C)N(C)Cc1cccc(C(=O)O)c1. The number of amides is 1. The van der Waals surface area contributed by atoms with Crippen molar-refractivity contribution in [1.29, 1.82) is 0 Å². The summed E-state index contributed by atoms with van der Waals surface area (Å²) in [7, 11) is 3.53. The summed E-state index contributed by atoms with van der Waals surface area (Å²) in [5.41, 5.74) is 1.20. The first-order valence-corrected chi connectivity index (χ1v) is 6.17. The Labute approximate surface area is 113 Å². The molecule has 0 spiro atoms. The molecular formula is C14H20N2O3. The van der Waals surface area contributed by atoms with Crippen LogP contribution < -0.4 is 5.32 Å². The monoisotopic (exact) mass is 264 g/mol. The molecule has 0 aliphatic carbocycles.